The van der Waals surface area contributed by atoms with Crippen LogP contribution in [0.15, 0.2) is 47.1 Å². The van der Waals surface area contributed by atoms with Crippen molar-refractivity contribution in [3.05, 3.63) is 59.3 Å². The first kappa shape index (κ1) is 24.4. The molecule has 34 heavy (non-hydrogen) atoms. The number of fused-ring (bicyclic) bond motifs is 1. The van der Waals surface area contributed by atoms with E-state index in [4.69, 9.17) is 16.1 Å². The molecule has 1 N–H and O–H groups in total. The third-order valence-corrected chi connectivity index (χ3v) is 6.21. The predicted molar refractivity (Wildman–Crippen MR) is 124 cm³/mol. The van der Waals surface area contributed by atoms with Gasteiger partial charge in [-0.15, -0.1) is 0 Å². The van der Waals surface area contributed by atoms with Gasteiger partial charge in [0.15, 0.2) is 11.4 Å². The third-order valence-electron chi connectivity index (χ3n) is 5.25. The number of carbonyl (C=O) groups excluding carboxylic acids is 1. The van der Waals surface area contributed by atoms with Crippen molar-refractivity contribution in [3.63, 3.8) is 0 Å². The lowest BCUT2D eigenvalue weighted by molar-refractivity contribution is 0.0129. The standard InChI is InChI=1S/C22H19ClF4N4O2S/c1-3-34-29-17-11-30(2)21(32)31(8-7-22(17,26)27)20-19-13(9-12(23)10-16(19)33-28-20)18-14(24)5-4-6-15(18)25/h4-10,17,29H,3,11H2,1-2H3/t17-/m1/s1. The van der Waals surface area contributed by atoms with Crippen LogP contribution >= 0.6 is 23.5 Å². The molecule has 180 valence electrons. The molecule has 1 aromatic heterocycles. The molecule has 1 aliphatic rings. The highest BCUT2D eigenvalue weighted by atomic mass is 35.5. The number of nitrogens with zero attached hydrogens (tertiary/aromatic N) is 3. The summed E-state index contributed by atoms with van der Waals surface area (Å²) in [6.07, 6.45) is 1.47. The molecule has 3 aromatic rings. The number of halogens is 5. The van der Waals surface area contributed by atoms with Crippen molar-refractivity contribution in [2.24, 2.45) is 0 Å². The van der Waals surface area contributed by atoms with Crippen LogP contribution in [-0.4, -0.2) is 47.4 Å². The molecule has 2 amide bonds. The van der Waals surface area contributed by atoms with Crippen molar-refractivity contribution in [1.29, 1.82) is 0 Å². The van der Waals surface area contributed by atoms with Gasteiger partial charge in [0.05, 0.1) is 10.9 Å². The minimum atomic E-state index is -3.32. The van der Waals surface area contributed by atoms with E-state index < -0.39 is 35.2 Å². The minimum Gasteiger partial charge on any atom is -0.354 e. The fourth-order valence-electron chi connectivity index (χ4n) is 3.61. The monoisotopic (exact) mass is 514 g/mol. The van der Waals surface area contributed by atoms with Gasteiger partial charge in [-0.25, -0.2) is 27.3 Å². The fourth-order valence-corrected chi connectivity index (χ4v) is 4.42. The Kier molecular flexibility index (Phi) is 6.79. The number of urea groups is 1. The summed E-state index contributed by atoms with van der Waals surface area (Å²) in [5.74, 6) is -4.73. The van der Waals surface area contributed by atoms with E-state index in [1.807, 2.05) is 6.92 Å². The van der Waals surface area contributed by atoms with Gasteiger partial charge in [0.2, 0.25) is 0 Å². The summed E-state index contributed by atoms with van der Waals surface area (Å²) in [5, 5.41) is 4.01. The van der Waals surface area contributed by atoms with Gasteiger partial charge >= 0.3 is 6.03 Å². The second kappa shape index (κ2) is 9.47. The van der Waals surface area contributed by atoms with Gasteiger partial charge < -0.3 is 9.42 Å². The molecule has 0 fully saturated rings. The number of aromatic nitrogens is 1. The molecule has 0 unspecified atom stereocenters. The first-order valence-corrected chi connectivity index (χ1v) is 11.5. The zero-order valence-corrected chi connectivity index (χ0v) is 19.6. The Hall–Kier alpha value is -2.76. The average molecular weight is 515 g/mol. The molecule has 0 bridgehead atoms. The van der Waals surface area contributed by atoms with Crippen LogP contribution in [0.5, 0.6) is 0 Å². The predicted octanol–water partition coefficient (Wildman–Crippen LogP) is 6.07. The first-order valence-electron chi connectivity index (χ1n) is 10.2. The van der Waals surface area contributed by atoms with Crippen LogP contribution in [0.25, 0.3) is 22.1 Å². The normalized spacial score (nSPS) is 18.4. The van der Waals surface area contributed by atoms with Crippen LogP contribution in [0, 0.1) is 11.6 Å². The van der Waals surface area contributed by atoms with Crippen LogP contribution in [0.1, 0.15) is 6.92 Å². The van der Waals surface area contributed by atoms with Crippen molar-refractivity contribution >= 4 is 46.4 Å². The Labute approximate surface area is 201 Å². The fraction of sp³-hybridized carbons (Fsp3) is 0.273. The topological polar surface area (TPSA) is 61.6 Å². The summed E-state index contributed by atoms with van der Waals surface area (Å²) in [4.78, 5) is 15.1. The molecule has 0 saturated carbocycles. The van der Waals surface area contributed by atoms with Gasteiger partial charge in [0, 0.05) is 48.3 Å². The Morgan fingerprint density at radius 2 is 2.00 bits per heavy atom. The number of nitrogens with one attached hydrogen (secondary N) is 1. The summed E-state index contributed by atoms with van der Waals surface area (Å²) in [7, 11) is 1.37. The maximum absolute atomic E-state index is 14.9. The molecular formula is C22H19ClF4N4O2S. The molecule has 2 aromatic carbocycles. The van der Waals surface area contributed by atoms with Crippen molar-refractivity contribution in [2.45, 2.75) is 18.9 Å². The number of likely N-dealkylation sites (N-methyl/N-ethyl adjacent to an activating group) is 1. The third kappa shape index (κ3) is 4.47. The Bertz CT molecular complexity index is 1250. The maximum Gasteiger partial charge on any atom is 0.329 e. The quantitative estimate of drug-likeness (QED) is 0.330. The molecule has 0 aliphatic carbocycles. The van der Waals surface area contributed by atoms with E-state index in [0.717, 1.165) is 40.1 Å². The SMILES string of the molecule is CCSN[C@@H]1CN(C)C(=O)N(c2noc3cc(Cl)cc(-c4c(F)cccc4F)c23)C=CC1(F)F. The number of carbonyl (C=O) groups is 1. The lowest BCUT2D eigenvalue weighted by Crippen LogP contribution is -2.53. The molecule has 0 spiro atoms. The Balaban J connectivity index is 1.89. The average Bonchev–Trinajstić information content (AvgIpc) is 3.19. The molecule has 1 aliphatic heterocycles. The van der Waals surface area contributed by atoms with E-state index in [1.54, 1.807) is 0 Å². The van der Waals surface area contributed by atoms with Crippen LogP contribution in [0.2, 0.25) is 5.02 Å². The van der Waals surface area contributed by atoms with Gasteiger partial charge in [0.25, 0.3) is 5.92 Å². The first-order chi connectivity index (χ1) is 16.1. The van der Waals surface area contributed by atoms with Crippen molar-refractivity contribution < 1.29 is 26.9 Å². The molecule has 12 heteroatoms. The summed E-state index contributed by atoms with van der Waals surface area (Å²) in [5.41, 5.74) is -0.426. The van der Waals surface area contributed by atoms with Gasteiger partial charge in [-0.05, 0) is 18.2 Å². The van der Waals surface area contributed by atoms with E-state index in [2.05, 4.69) is 9.88 Å². The molecule has 1 atom stereocenters. The number of hydrogen-bond donors (Lipinski definition) is 1. The summed E-state index contributed by atoms with van der Waals surface area (Å²) in [6, 6.07) is 3.96. The number of anilines is 1. The van der Waals surface area contributed by atoms with Gasteiger partial charge in [-0.3, -0.25) is 4.72 Å². The molecule has 2 heterocycles. The number of rotatable bonds is 5. The highest BCUT2D eigenvalue weighted by molar-refractivity contribution is 7.97. The molecule has 0 saturated heterocycles. The zero-order valence-electron chi connectivity index (χ0n) is 18.0. The smallest absolute Gasteiger partial charge is 0.329 e. The van der Waals surface area contributed by atoms with Gasteiger partial charge in [-0.1, -0.05) is 41.7 Å². The van der Waals surface area contributed by atoms with Crippen LogP contribution in [0.3, 0.4) is 0 Å². The van der Waals surface area contributed by atoms with Crippen molar-refractivity contribution in [1.82, 2.24) is 14.8 Å². The van der Waals surface area contributed by atoms with Crippen LogP contribution in [-0.2, 0) is 0 Å². The largest absolute Gasteiger partial charge is 0.354 e. The number of alkyl halides is 2. The zero-order chi connectivity index (χ0) is 24.6. The van der Waals surface area contributed by atoms with Crippen LogP contribution < -0.4 is 9.62 Å². The molecule has 6 nitrogen and oxygen atoms in total. The van der Waals surface area contributed by atoms with Crippen molar-refractivity contribution in [3.8, 4) is 11.1 Å². The number of amides is 2. The molecule has 0 radical (unpaired) electrons. The van der Waals surface area contributed by atoms with Gasteiger partial charge in [0.1, 0.15) is 17.7 Å². The summed E-state index contributed by atoms with van der Waals surface area (Å²) >= 11 is 7.24. The van der Waals surface area contributed by atoms with E-state index >= 15 is 0 Å². The minimum absolute atomic E-state index is 0.0247. The number of hydrogen-bond acceptors (Lipinski definition) is 5. The van der Waals surface area contributed by atoms with E-state index in [-0.39, 0.29) is 33.9 Å². The Morgan fingerprint density at radius 3 is 2.68 bits per heavy atom. The number of benzene rings is 2. The van der Waals surface area contributed by atoms with E-state index in [1.165, 1.54) is 25.2 Å². The summed E-state index contributed by atoms with van der Waals surface area (Å²) in [6.45, 7) is 1.50. The van der Waals surface area contributed by atoms with Crippen LogP contribution in [0.4, 0.5) is 28.2 Å². The molecule has 4 rings (SSSR count). The second-order valence-corrected chi connectivity index (χ2v) is 9.09. The highest BCUT2D eigenvalue weighted by Gasteiger charge is 2.41. The molecular weight excluding hydrogens is 496 g/mol. The van der Waals surface area contributed by atoms with Crippen molar-refractivity contribution in [2.75, 3.05) is 24.2 Å². The highest BCUT2D eigenvalue weighted by Crippen LogP contribution is 2.40. The Morgan fingerprint density at radius 1 is 1.29 bits per heavy atom. The maximum atomic E-state index is 14.9. The van der Waals surface area contributed by atoms with E-state index in [0.29, 0.717) is 11.8 Å². The second-order valence-electron chi connectivity index (χ2n) is 7.56. The lowest BCUT2D eigenvalue weighted by Gasteiger charge is -2.33. The lowest BCUT2D eigenvalue weighted by atomic mass is 10.00. The van der Waals surface area contributed by atoms with Gasteiger partial charge in [-0.2, -0.15) is 0 Å². The van der Waals surface area contributed by atoms with E-state index in [9.17, 15) is 22.4 Å². The summed E-state index contributed by atoms with van der Waals surface area (Å²) < 4.78 is 67.0.